The van der Waals surface area contributed by atoms with Gasteiger partial charge in [-0.3, -0.25) is 0 Å². The molecule has 14 heavy (non-hydrogen) atoms. The molecular weight excluding hydrogens is 267 g/mol. The molecule has 3 nitrogen and oxygen atoms in total. The molecule has 0 amide bonds. The molecule has 0 unspecified atom stereocenters. The molecule has 76 valence electrons. The van der Waals surface area contributed by atoms with Gasteiger partial charge in [0.05, 0.1) is 10.0 Å². The van der Waals surface area contributed by atoms with Crippen LogP contribution in [0.5, 0.6) is 0 Å². The number of nitrogens with zero attached hydrogens (tertiary/aromatic N) is 1. The molecule has 1 heterocycles. The first-order valence-corrected chi connectivity index (χ1v) is 4.10. The van der Waals surface area contributed by atoms with Crippen LogP contribution < -0.4 is 0 Å². The SMILES string of the molecule is O=C(O)c1nc(F)c(Br)cc1C(F)F. The lowest BCUT2D eigenvalue weighted by Crippen LogP contribution is -2.08. The van der Waals surface area contributed by atoms with Gasteiger partial charge in [0.15, 0.2) is 5.69 Å². The van der Waals surface area contributed by atoms with Crippen molar-refractivity contribution in [2.75, 3.05) is 0 Å². The first-order valence-electron chi connectivity index (χ1n) is 3.31. The quantitative estimate of drug-likeness (QED) is 0.840. The van der Waals surface area contributed by atoms with E-state index in [0.29, 0.717) is 6.07 Å². The Morgan fingerprint density at radius 1 is 1.57 bits per heavy atom. The monoisotopic (exact) mass is 269 g/mol. The summed E-state index contributed by atoms with van der Waals surface area (Å²) in [6.45, 7) is 0. The van der Waals surface area contributed by atoms with Gasteiger partial charge >= 0.3 is 5.97 Å². The molecule has 0 saturated heterocycles. The molecule has 1 aromatic rings. The van der Waals surface area contributed by atoms with Gasteiger partial charge in [-0.2, -0.15) is 4.39 Å². The smallest absolute Gasteiger partial charge is 0.355 e. The van der Waals surface area contributed by atoms with Crippen LogP contribution in [-0.2, 0) is 0 Å². The number of alkyl halides is 2. The Bertz CT molecular complexity index is 383. The second-order valence-corrected chi connectivity index (χ2v) is 3.16. The molecule has 0 bridgehead atoms. The van der Waals surface area contributed by atoms with Crippen molar-refractivity contribution in [3.63, 3.8) is 0 Å². The van der Waals surface area contributed by atoms with Gasteiger partial charge < -0.3 is 5.11 Å². The minimum absolute atomic E-state index is 0.294. The Morgan fingerprint density at radius 3 is 2.57 bits per heavy atom. The van der Waals surface area contributed by atoms with Gasteiger partial charge in [0, 0.05) is 0 Å². The molecule has 0 saturated carbocycles. The third kappa shape index (κ3) is 2.03. The van der Waals surface area contributed by atoms with Crippen molar-refractivity contribution in [2.24, 2.45) is 0 Å². The fourth-order valence-electron chi connectivity index (χ4n) is 0.818. The number of halogens is 4. The number of carboxylic acids is 1. The molecule has 0 fully saturated rings. The Balaban J connectivity index is 3.39. The predicted octanol–water partition coefficient (Wildman–Crippen LogP) is 2.62. The number of rotatable bonds is 2. The van der Waals surface area contributed by atoms with E-state index in [2.05, 4.69) is 20.9 Å². The van der Waals surface area contributed by atoms with Gasteiger partial charge in [0.25, 0.3) is 6.43 Å². The van der Waals surface area contributed by atoms with Gasteiger partial charge in [-0.05, 0) is 22.0 Å². The third-order valence-corrected chi connectivity index (χ3v) is 1.96. The van der Waals surface area contributed by atoms with Crippen molar-refractivity contribution in [1.82, 2.24) is 4.98 Å². The molecular formula is C7H3BrF3NO2. The zero-order valence-electron chi connectivity index (χ0n) is 6.47. The number of carbonyl (C=O) groups is 1. The van der Waals surface area contributed by atoms with Crippen molar-refractivity contribution < 1.29 is 23.1 Å². The van der Waals surface area contributed by atoms with Crippen molar-refractivity contribution in [3.8, 4) is 0 Å². The van der Waals surface area contributed by atoms with E-state index in [1.807, 2.05) is 0 Å². The van der Waals surface area contributed by atoms with Gasteiger partial charge in [-0.25, -0.2) is 18.6 Å². The van der Waals surface area contributed by atoms with Crippen molar-refractivity contribution in [1.29, 1.82) is 0 Å². The normalized spacial score (nSPS) is 10.6. The van der Waals surface area contributed by atoms with Crippen LogP contribution in [0, 0.1) is 5.95 Å². The molecule has 0 aliphatic heterocycles. The highest BCUT2D eigenvalue weighted by molar-refractivity contribution is 9.10. The van der Waals surface area contributed by atoms with Crippen LogP contribution in [0.3, 0.4) is 0 Å². The van der Waals surface area contributed by atoms with E-state index in [1.54, 1.807) is 0 Å². The Morgan fingerprint density at radius 2 is 2.14 bits per heavy atom. The standard InChI is InChI=1S/C7H3BrF3NO2/c8-3-1-2(5(9)10)4(7(13)14)12-6(3)11/h1,5H,(H,13,14). The number of carboxylic acid groups (broad SMARTS) is 1. The molecule has 0 atom stereocenters. The lowest BCUT2D eigenvalue weighted by molar-refractivity contribution is 0.0675. The van der Waals surface area contributed by atoms with Crippen LogP contribution in [0.25, 0.3) is 0 Å². The van der Waals surface area contributed by atoms with E-state index in [4.69, 9.17) is 5.11 Å². The largest absolute Gasteiger partial charge is 0.476 e. The summed E-state index contributed by atoms with van der Waals surface area (Å²) in [5.74, 6) is -2.82. The number of pyridine rings is 1. The highest BCUT2D eigenvalue weighted by atomic mass is 79.9. The maximum atomic E-state index is 12.7. The fraction of sp³-hybridized carbons (Fsp3) is 0.143. The summed E-state index contributed by atoms with van der Waals surface area (Å²) >= 11 is 2.63. The van der Waals surface area contributed by atoms with E-state index in [-0.39, 0.29) is 4.47 Å². The molecule has 0 aliphatic rings. The zero-order valence-corrected chi connectivity index (χ0v) is 8.06. The van der Waals surface area contributed by atoms with E-state index in [9.17, 15) is 18.0 Å². The van der Waals surface area contributed by atoms with Crippen LogP contribution in [0.4, 0.5) is 13.2 Å². The van der Waals surface area contributed by atoms with Crippen molar-refractivity contribution in [2.45, 2.75) is 6.43 Å². The van der Waals surface area contributed by atoms with E-state index in [0.717, 1.165) is 0 Å². The summed E-state index contributed by atoms with van der Waals surface area (Å²) in [5, 5.41) is 8.45. The molecule has 0 spiro atoms. The molecule has 0 radical (unpaired) electrons. The van der Waals surface area contributed by atoms with E-state index >= 15 is 0 Å². The molecule has 1 rings (SSSR count). The lowest BCUT2D eigenvalue weighted by atomic mass is 10.2. The Kier molecular flexibility index (Phi) is 3.10. The van der Waals surface area contributed by atoms with E-state index < -0.39 is 29.6 Å². The first-order chi connectivity index (χ1) is 6.43. The van der Waals surface area contributed by atoms with Crippen molar-refractivity contribution in [3.05, 3.63) is 27.7 Å². The number of hydrogen-bond acceptors (Lipinski definition) is 2. The second kappa shape index (κ2) is 3.95. The summed E-state index contributed by atoms with van der Waals surface area (Å²) < 4.78 is 36.9. The van der Waals surface area contributed by atoms with Crippen LogP contribution in [0.1, 0.15) is 22.5 Å². The summed E-state index contributed by atoms with van der Waals surface area (Å²) in [7, 11) is 0. The van der Waals surface area contributed by atoms with Crippen LogP contribution in [0.2, 0.25) is 0 Å². The van der Waals surface area contributed by atoms with Crippen molar-refractivity contribution >= 4 is 21.9 Å². The topological polar surface area (TPSA) is 50.2 Å². The molecule has 1 N–H and O–H groups in total. The van der Waals surface area contributed by atoms with Gasteiger partial charge in [-0.1, -0.05) is 0 Å². The number of hydrogen-bond donors (Lipinski definition) is 1. The average Bonchev–Trinajstić information content (AvgIpc) is 2.08. The second-order valence-electron chi connectivity index (χ2n) is 2.30. The minimum atomic E-state index is -3.01. The van der Waals surface area contributed by atoms with E-state index in [1.165, 1.54) is 0 Å². The first kappa shape index (κ1) is 11.0. The van der Waals surface area contributed by atoms with Gasteiger partial charge in [-0.15, -0.1) is 0 Å². The highest BCUT2D eigenvalue weighted by Crippen LogP contribution is 2.26. The Hall–Kier alpha value is -1.11. The lowest BCUT2D eigenvalue weighted by Gasteiger charge is -2.04. The third-order valence-electron chi connectivity index (χ3n) is 1.40. The zero-order chi connectivity index (χ0) is 10.9. The molecule has 0 aliphatic carbocycles. The summed E-state index contributed by atoms with van der Waals surface area (Å²) in [6, 6.07) is 0.705. The number of aromatic nitrogens is 1. The van der Waals surface area contributed by atoms with Crippen LogP contribution in [-0.4, -0.2) is 16.1 Å². The fourth-order valence-corrected chi connectivity index (χ4v) is 1.15. The average molecular weight is 270 g/mol. The van der Waals surface area contributed by atoms with Gasteiger partial charge in [0.1, 0.15) is 0 Å². The summed E-state index contributed by atoms with van der Waals surface area (Å²) in [6.07, 6.45) is -3.01. The van der Waals surface area contributed by atoms with Crippen LogP contribution >= 0.6 is 15.9 Å². The Labute approximate surface area is 84.7 Å². The van der Waals surface area contributed by atoms with Gasteiger partial charge in [0.2, 0.25) is 5.95 Å². The van der Waals surface area contributed by atoms with Crippen LogP contribution in [0.15, 0.2) is 10.5 Å². The number of aromatic carboxylic acids is 1. The maximum absolute atomic E-state index is 12.7. The minimum Gasteiger partial charge on any atom is -0.476 e. The predicted molar refractivity (Wildman–Crippen MR) is 43.8 cm³/mol. The maximum Gasteiger partial charge on any atom is 0.355 e. The summed E-state index contributed by atoms with van der Waals surface area (Å²) in [5.41, 5.74) is -1.79. The summed E-state index contributed by atoms with van der Waals surface area (Å²) in [4.78, 5) is 13.3. The molecule has 0 aromatic carbocycles. The highest BCUT2D eigenvalue weighted by Gasteiger charge is 2.22. The molecule has 1 aromatic heterocycles. The molecule has 7 heteroatoms.